The zero-order valence-electron chi connectivity index (χ0n) is 13.0. The third kappa shape index (κ3) is 4.45. The van der Waals surface area contributed by atoms with Gasteiger partial charge in [-0.1, -0.05) is 18.2 Å². The second kappa shape index (κ2) is 6.89. The van der Waals surface area contributed by atoms with Gasteiger partial charge in [-0.15, -0.1) is 0 Å². The van der Waals surface area contributed by atoms with Crippen LogP contribution in [-0.4, -0.2) is 11.9 Å². The number of ether oxygens (including phenoxy) is 1. The van der Waals surface area contributed by atoms with Crippen LogP contribution in [0.4, 0.5) is 5.69 Å². The van der Waals surface area contributed by atoms with Crippen molar-refractivity contribution in [3.05, 3.63) is 59.2 Å². The summed E-state index contributed by atoms with van der Waals surface area (Å²) in [6.07, 6.45) is 0.231. The first-order valence-corrected chi connectivity index (χ1v) is 7.08. The first-order valence-electron chi connectivity index (χ1n) is 7.08. The fourth-order valence-electron chi connectivity index (χ4n) is 2.06. The standard InChI is InChI=1S/C18H19NO3/c1-12-4-5-15(10-13(12)2)11-18(21)22-17-8-6-16(7-9-17)19-14(3)20/h4-10H,11H2,1-3H3,(H,19,20). The predicted octanol–water partition coefficient (Wildman–Crippen LogP) is 3.41. The number of benzene rings is 2. The Balaban J connectivity index is 1.96. The Kier molecular flexibility index (Phi) is 4.94. The molecule has 0 spiro atoms. The quantitative estimate of drug-likeness (QED) is 0.695. The number of nitrogens with one attached hydrogen (secondary N) is 1. The lowest BCUT2D eigenvalue weighted by molar-refractivity contribution is -0.133. The number of aryl methyl sites for hydroxylation is 2. The third-order valence-corrected chi connectivity index (χ3v) is 3.33. The Morgan fingerprint density at radius 3 is 2.27 bits per heavy atom. The molecule has 114 valence electrons. The van der Waals surface area contributed by atoms with Crippen LogP contribution in [0.3, 0.4) is 0 Å². The monoisotopic (exact) mass is 297 g/mol. The molecule has 0 unspecified atom stereocenters. The summed E-state index contributed by atoms with van der Waals surface area (Å²) in [7, 11) is 0. The molecule has 0 fully saturated rings. The van der Waals surface area contributed by atoms with Crippen LogP contribution >= 0.6 is 0 Å². The Hall–Kier alpha value is -2.62. The molecule has 2 aromatic carbocycles. The van der Waals surface area contributed by atoms with Gasteiger partial charge >= 0.3 is 5.97 Å². The van der Waals surface area contributed by atoms with Crippen LogP contribution in [-0.2, 0) is 16.0 Å². The molecule has 2 rings (SSSR count). The van der Waals surface area contributed by atoms with E-state index in [-0.39, 0.29) is 18.3 Å². The zero-order chi connectivity index (χ0) is 16.1. The predicted molar refractivity (Wildman–Crippen MR) is 86.0 cm³/mol. The van der Waals surface area contributed by atoms with Gasteiger partial charge in [-0.3, -0.25) is 9.59 Å². The molecule has 22 heavy (non-hydrogen) atoms. The average Bonchev–Trinajstić information content (AvgIpc) is 2.44. The van der Waals surface area contributed by atoms with Crippen LogP contribution in [0.5, 0.6) is 5.75 Å². The van der Waals surface area contributed by atoms with Gasteiger partial charge in [-0.25, -0.2) is 0 Å². The Bertz CT molecular complexity index is 690. The smallest absolute Gasteiger partial charge is 0.315 e. The summed E-state index contributed by atoms with van der Waals surface area (Å²) in [5.74, 6) is 0.0120. The summed E-state index contributed by atoms with van der Waals surface area (Å²) in [6.45, 7) is 5.50. The van der Waals surface area contributed by atoms with Crippen molar-refractivity contribution in [3.63, 3.8) is 0 Å². The van der Waals surface area contributed by atoms with E-state index in [0.29, 0.717) is 11.4 Å². The van der Waals surface area contributed by atoms with Crippen LogP contribution in [0.2, 0.25) is 0 Å². The van der Waals surface area contributed by atoms with E-state index >= 15 is 0 Å². The molecule has 1 N–H and O–H groups in total. The molecule has 0 aliphatic carbocycles. The fourth-order valence-corrected chi connectivity index (χ4v) is 2.06. The summed E-state index contributed by atoms with van der Waals surface area (Å²) in [5, 5.41) is 2.66. The van der Waals surface area contributed by atoms with Gasteiger partial charge in [0.15, 0.2) is 0 Å². The number of carbonyl (C=O) groups is 2. The second-order valence-corrected chi connectivity index (χ2v) is 5.28. The number of anilines is 1. The van der Waals surface area contributed by atoms with Gasteiger partial charge in [-0.2, -0.15) is 0 Å². The SMILES string of the molecule is CC(=O)Nc1ccc(OC(=O)Cc2ccc(C)c(C)c2)cc1. The van der Waals surface area contributed by atoms with Crippen molar-refractivity contribution in [2.24, 2.45) is 0 Å². The van der Waals surface area contributed by atoms with Crippen molar-refractivity contribution in [1.82, 2.24) is 0 Å². The normalized spacial score (nSPS) is 10.1. The van der Waals surface area contributed by atoms with Crippen molar-refractivity contribution in [2.45, 2.75) is 27.2 Å². The average molecular weight is 297 g/mol. The lowest BCUT2D eigenvalue weighted by Gasteiger charge is -2.07. The van der Waals surface area contributed by atoms with Gasteiger partial charge in [-0.05, 0) is 54.8 Å². The van der Waals surface area contributed by atoms with E-state index in [2.05, 4.69) is 5.32 Å². The number of carbonyl (C=O) groups excluding carboxylic acids is 2. The molecule has 0 aromatic heterocycles. The number of hydrogen-bond donors (Lipinski definition) is 1. The van der Waals surface area contributed by atoms with E-state index in [9.17, 15) is 9.59 Å². The van der Waals surface area contributed by atoms with Crippen molar-refractivity contribution in [1.29, 1.82) is 0 Å². The molecular formula is C18H19NO3. The second-order valence-electron chi connectivity index (χ2n) is 5.28. The molecule has 0 bridgehead atoms. The molecule has 0 aliphatic heterocycles. The lowest BCUT2D eigenvalue weighted by Crippen LogP contribution is -2.11. The maximum absolute atomic E-state index is 11.9. The maximum Gasteiger partial charge on any atom is 0.315 e. The molecule has 0 heterocycles. The van der Waals surface area contributed by atoms with E-state index in [0.717, 1.165) is 11.1 Å². The fraction of sp³-hybridized carbons (Fsp3) is 0.222. The van der Waals surface area contributed by atoms with Gasteiger partial charge in [0.1, 0.15) is 5.75 Å². The summed E-state index contributed by atoms with van der Waals surface area (Å²) in [5.41, 5.74) is 3.96. The molecule has 2 aromatic rings. The number of hydrogen-bond acceptors (Lipinski definition) is 3. The minimum Gasteiger partial charge on any atom is -0.426 e. The molecule has 0 saturated heterocycles. The zero-order valence-corrected chi connectivity index (χ0v) is 13.0. The van der Waals surface area contributed by atoms with E-state index in [4.69, 9.17) is 4.74 Å². The first kappa shape index (κ1) is 15.8. The van der Waals surface area contributed by atoms with Crippen LogP contribution in [0.15, 0.2) is 42.5 Å². The largest absolute Gasteiger partial charge is 0.426 e. The summed E-state index contributed by atoms with van der Waals surface area (Å²) in [6, 6.07) is 12.6. The molecule has 1 amide bonds. The summed E-state index contributed by atoms with van der Waals surface area (Å²) in [4.78, 5) is 22.9. The van der Waals surface area contributed by atoms with Gasteiger partial charge in [0.05, 0.1) is 6.42 Å². The Labute approximate surface area is 130 Å². The highest BCUT2D eigenvalue weighted by atomic mass is 16.5. The van der Waals surface area contributed by atoms with Crippen molar-refractivity contribution < 1.29 is 14.3 Å². The summed E-state index contributed by atoms with van der Waals surface area (Å²) >= 11 is 0. The van der Waals surface area contributed by atoms with Crippen molar-refractivity contribution in [2.75, 3.05) is 5.32 Å². The van der Waals surface area contributed by atoms with Gasteiger partial charge in [0.25, 0.3) is 0 Å². The van der Waals surface area contributed by atoms with Crippen LogP contribution in [0, 0.1) is 13.8 Å². The van der Waals surface area contributed by atoms with Crippen LogP contribution < -0.4 is 10.1 Å². The first-order chi connectivity index (χ1) is 10.4. The van der Waals surface area contributed by atoms with E-state index in [1.807, 2.05) is 32.0 Å². The van der Waals surface area contributed by atoms with E-state index in [1.165, 1.54) is 12.5 Å². The maximum atomic E-state index is 11.9. The van der Waals surface area contributed by atoms with Crippen LogP contribution in [0.1, 0.15) is 23.6 Å². The minimum absolute atomic E-state index is 0.139. The number of amides is 1. The third-order valence-electron chi connectivity index (χ3n) is 3.33. The van der Waals surface area contributed by atoms with Gasteiger partial charge in [0.2, 0.25) is 5.91 Å². The molecule has 0 radical (unpaired) electrons. The molecule has 0 atom stereocenters. The van der Waals surface area contributed by atoms with E-state index < -0.39 is 0 Å². The van der Waals surface area contributed by atoms with E-state index in [1.54, 1.807) is 24.3 Å². The lowest BCUT2D eigenvalue weighted by atomic mass is 10.0. The molecule has 0 aliphatic rings. The van der Waals surface area contributed by atoms with Crippen LogP contribution in [0.25, 0.3) is 0 Å². The highest BCUT2D eigenvalue weighted by Crippen LogP contribution is 2.17. The highest BCUT2D eigenvalue weighted by molar-refractivity contribution is 5.88. The van der Waals surface area contributed by atoms with Gasteiger partial charge < -0.3 is 10.1 Å². The van der Waals surface area contributed by atoms with Crippen molar-refractivity contribution >= 4 is 17.6 Å². The molecule has 0 saturated carbocycles. The molecule has 4 nitrogen and oxygen atoms in total. The Morgan fingerprint density at radius 2 is 1.68 bits per heavy atom. The number of rotatable bonds is 4. The molecule has 4 heteroatoms. The van der Waals surface area contributed by atoms with Gasteiger partial charge in [0, 0.05) is 12.6 Å². The minimum atomic E-state index is -0.310. The topological polar surface area (TPSA) is 55.4 Å². The highest BCUT2D eigenvalue weighted by Gasteiger charge is 2.07. The Morgan fingerprint density at radius 1 is 1.00 bits per heavy atom. The number of esters is 1. The van der Waals surface area contributed by atoms with Crippen molar-refractivity contribution in [3.8, 4) is 5.75 Å². The molecular weight excluding hydrogens is 278 g/mol. The summed E-state index contributed by atoms with van der Waals surface area (Å²) < 4.78 is 5.30.